The molecule has 0 saturated carbocycles. The van der Waals surface area contributed by atoms with Crippen molar-refractivity contribution >= 4 is 33.2 Å². The molecule has 1 fully saturated rings. The summed E-state index contributed by atoms with van der Waals surface area (Å²) in [5.41, 5.74) is -0.379. The Hall–Kier alpha value is -2.21. The number of hydrogen-bond acceptors (Lipinski definition) is 4. The largest absolute Gasteiger partial charge is 0.387 e. The van der Waals surface area contributed by atoms with E-state index < -0.39 is 64.9 Å². The van der Waals surface area contributed by atoms with Gasteiger partial charge in [-0.3, -0.25) is 4.79 Å². The van der Waals surface area contributed by atoms with Crippen LogP contribution in [0.3, 0.4) is 0 Å². The highest BCUT2D eigenvalue weighted by atomic mass is 35.5. The molecule has 0 aliphatic carbocycles. The summed E-state index contributed by atoms with van der Waals surface area (Å²) < 4.78 is 80.7. The van der Waals surface area contributed by atoms with Crippen LogP contribution in [0.5, 0.6) is 0 Å². The lowest BCUT2D eigenvalue weighted by molar-refractivity contribution is -0.136. The third kappa shape index (κ3) is 4.84. The third-order valence-corrected chi connectivity index (χ3v) is 7.01. The summed E-state index contributed by atoms with van der Waals surface area (Å²) in [6, 6.07) is 6.51. The molecule has 12 heteroatoms. The van der Waals surface area contributed by atoms with Crippen molar-refractivity contribution < 1.29 is 35.9 Å². The fourth-order valence-corrected chi connectivity index (χ4v) is 4.94. The van der Waals surface area contributed by atoms with Crippen molar-refractivity contribution in [3.63, 3.8) is 0 Å². The van der Waals surface area contributed by atoms with Crippen molar-refractivity contribution in [3.05, 3.63) is 58.4 Å². The second kappa shape index (κ2) is 8.73. The van der Waals surface area contributed by atoms with E-state index in [-0.39, 0.29) is 21.8 Å². The Bertz CT molecular complexity index is 1110. The van der Waals surface area contributed by atoms with Crippen LogP contribution in [0.1, 0.15) is 22.3 Å². The molecule has 1 saturated heterocycles. The summed E-state index contributed by atoms with van der Waals surface area (Å²) >= 11 is 5.66. The third-order valence-electron chi connectivity index (χ3n) is 4.80. The summed E-state index contributed by atoms with van der Waals surface area (Å²) in [7, 11) is -4.59. The normalized spacial score (nSPS) is 19.2. The zero-order valence-electron chi connectivity index (χ0n) is 15.8. The number of aliphatic hydroxyl groups excluding tert-OH is 1. The number of carbonyl (C=O) groups is 1. The molecule has 1 heterocycles. The van der Waals surface area contributed by atoms with E-state index in [4.69, 9.17) is 11.6 Å². The minimum absolute atomic E-state index is 0.125. The molecule has 31 heavy (non-hydrogen) atoms. The van der Waals surface area contributed by atoms with Crippen molar-refractivity contribution in [1.29, 1.82) is 0 Å². The molecule has 1 aliphatic heterocycles. The highest BCUT2D eigenvalue weighted by Crippen LogP contribution is 2.32. The Balaban J connectivity index is 1.93. The predicted molar refractivity (Wildman–Crippen MR) is 105 cm³/mol. The van der Waals surface area contributed by atoms with Crippen molar-refractivity contribution in [3.8, 4) is 0 Å². The van der Waals surface area contributed by atoms with E-state index in [1.54, 1.807) is 0 Å². The number of rotatable bonds is 5. The average molecular weight is 481 g/mol. The Kier molecular flexibility index (Phi) is 6.61. The van der Waals surface area contributed by atoms with Gasteiger partial charge in [-0.2, -0.15) is 4.31 Å². The molecule has 0 radical (unpaired) electrons. The fraction of sp³-hybridized carbons (Fsp3) is 0.316. The predicted octanol–water partition coefficient (Wildman–Crippen LogP) is 3.59. The lowest BCUT2D eigenvalue weighted by Gasteiger charge is -2.35. The number of halogens is 5. The van der Waals surface area contributed by atoms with E-state index in [2.05, 4.69) is 5.32 Å². The molecule has 2 aromatic carbocycles. The maximum Gasteiger partial charge on any atom is 0.286 e. The first-order chi connectivity index (χ1) is 14.5. The molecule has 3 rings (SSSR count). The molecule has 0 spiro atoms. The van der Waals surface area contributed by atoms with Gasteiger partial charge in [0.1, 0.15) is 18.6 Å². The number of sulfonamides is 1. The Labute approximate surface area is 180 Å². The number of hydrogen-bond donors (Lipinski definition) is 2. The number of piperidine rings is 1. The number of nitrogens with zero attached hydrogens (tertiary/aromatic N) is 1. The van der Waals surface area contributed by atoms with E-state index >= 15 is 0 Å². The molecule has 1 atom stereocenters. The monoisotopic (exact) mass is 480 g/mol. The minimum atomic E-state index is -4.59. The van der Waals surface area contributed by atoms with Gasteiger partial charge in [0.15, 0.2) is 0 Å². The maximum absolute atomic E-state index is 13.9. The lowest BCUT2D eigenvalue weighted by Crippen LogP contribution is -2.53. The topological polar surface area (TPSA) is 86.7 Å². The van der Waals surface area contributed by atoms with Crippen LogP contribution in [0.4, 0.5) is 23.2 Å². The van der Waals surface area contributed by atoms with Gasteiger partial charge in [0.25, 0.3) is 11.8 Å². The van der Waals surface area contributed by atoms with Gasteiger partial charge < -0.3 is 10.4 Å². The molecule has 6 nitrogen and oxygen atoms in total. The lowest BCUT2D eigenvalue weighted by atomic mass is 10.1. The molecule has 1 aliphatic rings. The SMILES string of the molecule is O=C(Nc1ccc(F)c(Cl)c1)c1ccc(CF)c(S(=O)(=O)N2CCC(O)C(F)(F)C2)c1. The van der Waals surface area contributed by atoms with Crippen LogP contribution in [-0.4, -0.2) is 48.9 Å². The van der Waals surface area contributed by atoms with Gasteiger partial charge in [-0.1, -0.05) is 17.7 Å². The Morgan fingerprint density at radius 2 is 1.97 bits per heavy atom. The Morgan fingerprint density at radius 3 is 2.58 bits per heavy atom. The average Bonchev–Trinajstić information content (AvgIpc) is 2.72. The number of alkyl halides is 3. The molecule has 168 valence electrons. The molecule has 0 aromatic heterocycles. The first-order valence-corrected chi connectivity index (χ1v) is 10.8. The number of aliphatic hydroxyl groups is 1. The highest BCUT2D eigenvalue weighted by Gasteiger charge is 2.47. The summed E-state index contributed by atoms with van der Waals surface area (Å²) in [5, 5.41) is 11.5. The van der Waals surface area contributed by atoms with Crippen molar-refractivity contribution in [2.75, 3.05) is 18.4 Å². The van der Waals surface area contributed by atoms with Crippen molar-refractivity contribution in [1.82, 2.24) is 4.31 Å². The highest BCUT2D eigenvalue weighted by molar-refractivity contribution is 7.89. The van der Waals surface area contributed by atoms with Gasteiger partial charge in [-0.25, -0.2) is 26.0 Å². The standard InChI is InChI=1S/C19H17ClF4N2O4S/c20-14-8-13(3-4-15(14)22)25-18(28)11-1-2-12(9-21)16(7-11)31(29,30)26-6-5-17(27)19(23,24)10-26/h1-4,7-8,17,27H,5-6,9-10H2,(H,25,28). The van der Waals surface area contributed by atoms with Crippen LogP contribution in [0.15, 0.2) is 41.3 Å². The molecule has 2 N–H and O–H groups in total. The van der Waals surface area contributed by atoms with Crippen LogP contribution in [0.25, 0.3) is 0 Å². The number of benzene rings is 2. The van der Waals surface area contributed by atoms with Gasteiger partial charge in [0.05, 0.1) is 16.5 Å². The first kappa shape index (κ1) is 23.5. The number of carbonyl (C=O) groups excluding carboxylic acids is 1. The van der Waals surface area contributed by atoms with Crippen LogP contribution in [0.2, 0.25) is 5.02 Å². The van der Waals surface area contributed by atoms with Gasteiger partial charge in [-0.15, -0.1) is 0 Å². The molecule has 2 aromatic rings. The molecule has 1 amide bonds. The van der Waals surface area contributed by atoms with Crippen LogP contribution in [0, 0.1) is 5.82 Å². The number of nitrogens with one attached hydrogen (secondary N) is 1. The minimum Gasteiger partial charge on any atom is -0.387 e. The van der Waals surface area contributed by atoms with E-state index in [9.17, 15) is 35.9 Å². The Morgan fingerprint density at radius 1 is 1.26 bits per heavy atom. The van der Waals surface area contributed by atoms with Crippen molar-refractivity contribution in [2.45, 2.75) is 30.0 Å². The summed E-state index contributed by atoms with van der Waals surface area (Å²) in [5.74, 6) is -5.18. The molecular formula is C19H17ClF4N2O4S. The van der Waals surface area contributed by atoms with Gasteiger partial charge in [-0.05, 0) is 36.8 Å². The molecule has 0 bridgehead atoms. The van der Waals surface area contributed by atoms with E-state index in [1.165, 1.54) is 12.1 Å². The van der Waals surface area contributed by atoms with E-state index in [0.29, 0.717) is 4.31 Å². The van der Waals surface area contributed by atoms with Crippen LogP contribution >= 0.6 is 11.6 Å². The van der Waals surface area contributed by atoms with Gasteiger partial charge in [0, 0.05) is 23.4 Å². The molecular weight excluding hydrogens is 464 g/mol. The smallest absolute Gasteiger partial charge is 0.286 e. The second-order valence-electron chi connectivity index (χ2n) is 6.94. The number of anilines is 1. The van der Waals surface area contributed by atoms with E-state index in [0.717, 1.165) is 24.3 Å². The zero-order valence-corrected chi connectivity index (χ0v) is 17.4. The quantitative estimate of drug-likeness (QED) is 0.640. The van der Waals surface area contributed by atoms with E-state index in [1.807, 2.05) is 0 Å². The zero-order chi connectivity index (χ0) is 23.0. The first-order valence-electron chi connectivity index (χ1n) is 8.97. The summed E-state index contributed by atoms with van der Waals surface area (Å²) in [4.78, 5) is 11.9. The second-order valence-corrected chi connectivity index (χ2v) is 9.26. The van der Waals surface area contributed by atoms with Crippen LogP contribution < -0.4 is 5.32 Å². The molecule has 1 unspecified atom stereocenters. The summed E-state index contributed by atoms with van der Waals surface area (Å²) in [6.07, 6.45) is -2.48. The van der Waals surface area contributed by atoms with Gasteiger partial charge >= 0.3 is 0 Å². The van der Waals surface area contributed by atoms with Crippen LogP contribution in [-0.2, 0) is 16.7 Å². The maximum atomic E-state index is 13.9. The number of amides is 1. The fourth-order valence-electron chi connectivity index (χ4n) is 3.06. The van der Waals surface area contributed by atoms with Crippen molar-refractivity contribution in [2.24, 2.45) is 0 Å². The summed E-state index contributed by atoms with van der Waals surface area (Å²) in [6.45, 7) is -2.88. The van der Waals surface area contributed by atoms with Gasteiger partial charge in [0.2, 0.25) is 10.0 Å².